The molecule has 0 aliphatic carbocycles. The molecule has 292 valence electrons. The summed E-state index contributed by atoms with van der Waals surface area (Å²) in [5, 5.41) is 29.3. The number of methoxy groups -OCH3 is 1. The maximum Gasteiger partial charge on any atom is 0.294 e. The van der Waals surface area contributed by atoms with Gasteiger partial charge in [0.15, 0.2) is 5.82 Å². The third-order valence-corrected chi connectivity index (χ3v) is 9.88. The maximum absolute atomic E-state index is 12.9. The minimum absolute atomic E-state index is 0.00893. The Balaban J connectivity index is 1.79. The first-order valence-electron chi connectivity index (χ1n) is 16.5. The zero-order valence-electron chi connectivity index (χ0n) is 30.7. The van der Waals surface area contributed by atoms with Crippen molar-refractivity contribution in [1.29, 1.82) is 5.26 Å². The first-order chi connectivity index (χ1) is 25.7. The van der Waals surface area contributed by atoms with E-state index in [1.165, 1.54) is 55.1 Å². The molecule has 4 aromatic rings. The zero-order valence-corrected chi connectivity index (χ0v) is 33.0. The summed E-state index contributed by atoms with van der Waals surface area (Å²) in [5.74, 6) is -1.25. The molecule has 0 radical (unpaired) electrons. The standard InChI is InChI=1S/C35H39ClN8O9S2/c1-7-43(14-9-15-54(47,48)49)30-18-27(38-21(2)45)28(19-31(30)53-6)40-41-33-25(20-37)32(35(3,4)5)42-44(33)29-13-12-23(17-26(29)36)39-34(46)22-10-8-11-24(16-22)55(50,51)52/h8,10-13,16-19H,7,9,14-15H2,1-6H3,(H,38,45)(H,39,46)(H,47,48,49)(H,50,51,52)/b41-40+. The van der Waals surface area contributed by atoms with Crippen LogP contribution in [0.1, 0.15) is 62.7 Å². The number of nitrogens with one attached hydrogen (secondary N) is 2. The molecule has 4 N–H and O–H groups in total. The number of azo groups is 1. The Kier molecular flexibility index (Phi) is 13.1. The van der Waals surface area contributed by atoms with Gasteiger partial charge in [0.25, 0.3) is 26.1 Å². The normalized spacial score (nSPS) is 12.0. The van der Waals surface area contributed by atoms with Crippen LogP contribution in [0.25, 0.3) is 5.69 Å². The van der Waals surface area contributed by atoms with Crippen molar-refractivity contribution >= 4 is 72.2 Å². The lowest BCUT2D eigenvalue weighted by atomic mass is 9.90. The first kappa shape index (κ1) is 42.4. The number of carbonyl (C=O) groups is 2. The number of anilines is 3. The van der Waals surface area contributed by atoms with E-state index in [1.807, 2.05) is 27.7 Å². The number of nitrogens with zero attached hydrogens (tertiary/aromatic N) is 6. The third kappa shape index (κ3) is 10.6. The topological polar surface area (TPSA) is 246 Å². The van der Waals surface area contributed by atoms with Gasteiger partial charge in [-0.25, -0.2) is 4.68 Å². The molecule has 0 unspecified atom stereocenters. The fourth-order valence-electron chi connectivity index (χ4n) is 5.38. The van der Waals surface area contributed by atoms with Gasteiger partial charge in [-0.05, 0) is 55.8 Å². The van der Waals surface area contributed by atoms with Gasteiger partial charge in [0.05, 0.1) is 45.5 Å². The van der Waals surface area contributed by atoms with Crippen molar-refractivity contribution in [2.75, 3.05) is 41.5 Å². The number of amides is 2. The minimum atomic E-state index is -4.54. The number of hydrogen-bond acceptors (Lipinski definition) is 12. The Hall–Kier alpha value is -5.39. The van der Waals surface area contributed by atoms with Gasteiger partial charge in [-0.3, -0.25) is 18.7 Å². The molecule has 0 aliphatic rings. The van der Waals surface area contributed by atoms with Crippen LogP contribution < -0.4 is 20.3 Å². The van der Waals surface area contributed by atoms with E-state index in [0.717, 1.165) is 12.1 Å². The van der Waals surface area contributed by atoms with Crippen LogP contribution in [0.4, 0.5) is 28.6 Å². The monoisotopic (exact) mass is 814 g/mol. The van der Waals surface area contributed by atoms with Gasteiger partial charge >= 0.3 is 0 Å². The molecule has 2 amide bonds. The van der Waals surface area contributed by atoms with Crippen LogP contribution in [0.15, 0.2) is 69.7 Å². The molecule has 0 bridgehead atoms. The molecule has 17 nitrogen and oxygen atoms in total. The minimum Gasteiger partial charge on any atom is -0.494 e. The average molecular weight is 815 g/mol. The molecule has 0 aliphatic heterocycles. The van der Waals surface area contributed by atoms with Crippen molar-refractivity contribution in [2.45, 2.75) is 51.3 Å². The lowest BCUT2D eigenvalue weighted by Crippen LogP contribution is -2.26. The predicted octanol–water partition coefficient (Wildman–Crippen LogP) is 6.68. The molecule has 3 aromatic carbocycles. The van der Waals surface area contributed by atoms with E-state index in [0.29, 0.717) is 23.7 Å². The summed E-state index contributed by atoms with van der Waals surface area (Å²) in [7, 11) is -7.29. The summed E-state index contributed by atoms with van der Waals surface area (Å²) in [6.07, 6.45) is 0.116. The first-order valence-corrected chi connectivity index (χ1v) is 19.9. The van der Waals surface area contributed by atoms with Gasteiger partial charge in [-0.2, -0.15) is 27.2 Å². The van der Waals surface area contributed by atoms with Crippen molar-refractivity contribution < 1.29 is 40.3 Å². The number of aromatic nitrogens is 2. The number of benzene rings is 3. The summed E-state index contributed by atoms with van der Waals surface area (Å²) >= 11 is 6.73. The number of rotatable bonds is 14. The summed E-state index contributed by atoms with van der Waals surface area (Å²) in [4.78, 5) is 26.6. The van der Waals surface area contributed by atoms with Gasteiger partial charge in [-0.1, -0.05) is 38.4 Å². The molecule has 20 heteroatoms. The Labute approximate surface area is 323 Å². The highest BCUT2D eigenvalue weighted by Crippen LogP contribution is 2.41. The van der Waals surface area contributed by atoms with Crippen LogP contribution in [0.3, 0.4) is 0 Å². The van der Waals surface area contributed by atoms with Crippen molar-refractivity contribution in [1.82, 2.24) is 9.78 Å². The molecule has 0 atom stereocenters. The molecule has 1 heterocycles. The van der Waals surface area contributed by atoms with Gasteiger partial charge < -0.3 is 20.3 Å². The highest BCUT2D eigenvalue weighted by atomic mass is 35.5. The molecule has 0 fully saturated rings. The molecule has 55 heavy (non-hydrogen) atoms. The average Bonchev–Trinajstić information content (AvgIpc) is 3.47. The second-order valence-corrected chi connectivity index (χ2v) is 16.5. The Bertz CT molecular complexity index is 2420. The second-order valence-electron chi connectivity index (χ2n) is 13.1. The molecule has 0 saturated carbocycles. The lowest BCUT2D eigenvalue weighted by Gasteiger charge is -2.26. The maximum atomic E-state index is 12.9. The zero-order chi connectivity index (χ0) is 40.9. The number of nitriles is 1. The van der Waals surface area contributed by atoms with Crippen LogP contribution >= 0.6 is 11.6 Å². The van der Waals surface area contributed by atoms with Crippen LogP contribution in [-0.2, 0) is 30.4 Å². The van der Waals surface area contributed by atoms with E-state index in [1.54, 1.807) is 11.0 Å². The number of ether oxygens (including phenoxy) is 1. The summed E-state index contributed by atoms with van der Waals surface area (Å²) in [6.45, 7) is 9.36. The van der Waals surface area contributed by atoms with Gasteiger partial charge in [0, 0.05) is 42.7 Å². The van der Waals surface area contributed by atoms with Gasteiger partial charge in [-0.15, -0.1) is 10.2 Å². The smallest absolute Gasteiger partial charge is 0.294 e. The van der Waals surface area contributed by atoms with E-state index in [4.69, 9.17) is 21.4 Å². The SMILES string of the molecule is CCN(CCCS(=O)(=O)O)c1cc(NC(C)=O)c(/N=N/c2c(C#N)c(C(C)(C)C)nn2-c2ccc(NC(=O)c3cccc(S(=O)(=O)O)c3)cc2Cl)cc1OC. The molecular weight excluding hydrogens is 776 g/mol. The van der Waals surface area contributed by atoms with Crippen molar-refractivity contribution in [3.63, 3.8) is 0 Å². The van der Waals surface area contributed by atoms with Crippen molar-refractivity contribution in [3.8, 4) is 17.5 Å². The Morgan fingerprint density at radius 2 is 1.76 bits per heavy atom. The molecule has 0 spiro atoms. The van der Waals surface area contributed by atoms with Crippen LogP contribution in [0.5, 0.6) is 5.75 Å². The van der Waals surface area contributed by atoms with E-state index in [2.05, 4.69) is 26.9 Å². The highest BCUT2D eigenvalue weighted by molar-refractivity contribution is 7.86. The largest absolute Gasteiger partial charge is 0.494 e. The molecule has 1 aromatic heterocycles. The molecular formula is C35H39ClN8O9S2. The van der Waals surface area contributed by atoms with Crippen LogP contribution in [0, 0.1) is 11.3 Å². The fraction of sp³-hybridized carbons (Fsp3) is 0.314. The quantitative estimate of drug-likeness (QED) is 0.0769. The summed E-state index contributed by atoms with van der Waals surface area (Å²) in [5.41, 5.74) is 1.12. The van der Waals surface area contributed by atoms with Crippen LogP contribution in [0.2, 0.25) is 5.02 Å². The van der Waals surface area contributed by atoms with E-state index < -0.39 is 48.1 Å². The fourth-order valence-corrected chi connectivity index (χ4v) is 6.66. The van der Waals surface area contributed by atoms with Crippen molar-refractivity contribution in [3.05, 3.63) is 76.4 Å². The number of halogens is 1. The van der Waals surface area contributed by atoms with Crippen LogP contribution in [-0.4, -0.2) is 73.5 Å². The summed E-state index contributed by atoms with van der Waals surface area (Å²) < 4.78 is 71.3. The Morgan fingerprint density at radius 1 is 1.05 bits per heavy atom. The number of carbonyl (C=O) groups excluding carboxylic acids is 2. The number of hydrogen-bond donors (Lipinski definition) is 4. The predicted molar refractivity (Wildman–Crippen MR) is 207 cm³/mol. The van der Waals surface area contributed by atoms with E-state index >= 15 is 0 Å². The van der Waals surface area contributed by atoms with E-state index in [-0.39, 0.29) is 57.7 Å². The van der Waals surface area contributed by atoms with Crippen molar-refractivity contribution in [2.24, 2.45) is 10.2 Å². The van der Waals surface area contributed by atoms with Gasteiger partial charge in [0.2, 0.25) is 5.91 Å². The molecule has 0 saturated heterocycles. The van der Waals surface area contributed by atoms with E-state index in [9.17, 15) is 40.8 Å². The lowest BCUT2D eigenvalue weighted by molar-refractivity contribution is -0.114. The summed E-state index contributed by atoms with van der Waals surface area (Å²) in [6, 6.07) is 14.6. The Morgan fingerprint density at radius 3 is 2.33 bits per heavy atom. The highest BCUT2D eigenvalue weighted by Gasteiger charge is 2.29. The third-order valence-electron chi connectivity index (χ3n) is 7.92. The van der Waals surface area contributed by atoms with Gasteiger partial charge in [0.1, 0.15) is 23.1 Å². The second kappa shape index (κ2) is 17.0. The molecule has 4 rings (SSSR count).